The number of hydrogen-bond donors (Lipinski definition) is 1. The van der Waals surface area contributed by atoms with Crippen LogP contribution in [0.15, 0.2) is 60.7 Å². The summed E-state index contributed by atoms with van der Waals surface area (Å²) < 4.78 is 5.17. The maximum absolute atomic E-state index is 12.4. The van der Waals surface area contributed by atoms with E-state index in [4.69, 9.17) is 4.74 Å². The largest absolute Gasteiger partial charge is 0.449 e. The number of carbonyl (C=O) groups is 2. The predicted molar refractivity (Wildman–Crippen MR) is 105 cm³/mol. The van der Waals surface area contributed by atoms with Gasteiger partial charge in [-0.15, -0.1) is 0 Å². The highest BCUT2D eigenvalue weighted by atomic mass is 16.6. The van der Waals surface area contributed by atoms with Gasteiger partial charge in [-0.2, -0.15) is 0 Å². The van der Waals surface area contributed by atoms with E-state index in [0.29, 0.717) is 11.3 Å². The Morgan fingerprint density at radius 1 is 1.04 bits per heavy atom. The van der Waals surface area contributed by atoms with Crippen LogP contribution in [0.2, 0.25) is 0 Å². The van der Waals surface area contributed by atoms with Crippen molar-refractivity contribution in [3.05, 3.63) is 81.9 Å². The molecule has 0 heterocycles. The maximum Gasteiger partial charge on any atom is 0.346 e. The number of amides is 1. The molecule has 0 spiro atoms. The molecular formula is C21H18N2O5. The van der Waals surface area contributed by atoms with Gasteiger partial charge in [0.05, 0.1) is 4.92 Å². The molecule has 7 nitrogen and oxygen atoms in total. The predicted octanol–water partition coefficient (Wildman–Crippen LogP) is 4.24. The topological polar surface area (TPSA) is 98.5 Å². The number of anilines is 1. The van der Waals surface area contributed by atoms with Crippen LogP contribution in [0.5, 0.6) is 0 Å². The average Bonchev–Trinajstić information content (AvgIpc) is 2.67. The van der Waals surface area contributed by atoms with Crippen molar-refractivity contribution in [2.45, 2.75) is 20.0 Å². The van der Waals surface area contributed by atoms with Gasteiger partial charge in [0.15, 0.2) is 6.10 Å². The fourth-order valence-electron chi connectivity index (χ4n) is 2.85. The second-order valence-corrected chi connectivity index (χ2v) is 6.32. The van der Waals surface area contributed by atoms with Crippen molar-refractivity contribution in [3.8, 4) is 0 Å². The summed E-state index contributed by atoms with van der Waals surface area (Å²) in [5.41, 5.74) is 0.458. The number of hydrogen-bond acceptors (Lipinski definition) is 5. The first-order valence-corrected chi connectivity index (χ1v) is 8.61. The quantitative estimate of drug-likeness (QED) is 0.407. The normalized spacial score (nSPS) is 11.6. The lowest BCUT2D eigenvalue weighted by atomic mass is 10.1. The van der Waals surface area contributed by atoms with Crippen LogP contribution in [0, 0.1) is 17.0 Å². The summed E-state index contributed by atoms with van der Waals surface area (Å²) in [4.78, 5) is 35.3. The number of fused-ring (bicyclic) bond motifs is 1. The molecule has 0 bridgehead atoms. The smallest absolute Gasteiger partial charge is 0.346 e. The van der Waals surface area contributed by atoms with Gasteiger partial charge in [-0.3, -0.25) is 14.9 Å². The van der Waals surface area contributed by atoms with Gasteiger partial charge in [-0.25, -0.2) is 4.79 Å². The monoisotopic (exact) mass is 378 g/mol. The zero-order valence-corrected chi connectivity index (χ0v) is 15.3. The number of nitro groups is 1. The van der Waals surface area contributed by atoms with Crippen LogP contribution >= 0.6 is 0 Å². The van der Waals surface area contributed by atoms with Crippen molar-refractivity contribution in [2.75, 3.05) is 5.32 Å². The molecule has 0 saturated carbocycles. The summed E-state index contributed by atoms with van der Waals surface area (Å²) in [6, 6.07) is 17.4. The number of nitrogens with one attached hydrogen (secondary N) is 1. The molecule has 0 saturated heterocycles. The standard InChI is InChI=1S/C21H18N2O5/c1-13-6-5-9-18(23(26)27)19(13)21(25)28-14(2)20(24)22-17-11-10-15-7-3-4-8-16(15)12-17/h3-12,14H,1-2H3,(H,22,24). The zero-order valence-electron chi connectivity index (χ0n) is 15.3. The number of nitrogens with zero attached hydrogens (tertiary/aromatic N) is 1. The molecule has 0 fully saturated rings. The fourth-order valence-corrected chi connectivity index (χ4v) is 2.85. The van der Waals surface area contributed by atoms with Crippen molar-refractivity contribution in [1.82, 2.24) is 0 Å². The number of benzene rings is 3. The molecule has 0 aliphatic rings. The molecule has 1 amide bonds. The fraction of sp³-hybridized carbons (Fsp3) is 0.143. The number of rotatable bonds is 5. The van der Waals surface area contributed by atoms with Crippen molar-refractivity contribution < 1.29 is 19.2 Å². The molecule has 0 radical (unpaired) electrons. The van der Waals surface area contributed by atoms with E-state index in [2.05, 4.69) is 5.32 Å². The van der Waals surface area contributed by atoms with E-state index in [9.17, 15) is 19.7 Å². The van der Waals surface area contributed by atoms with Crippen molar-refractivity contribution in [3.63, 3.8) is 0 Å². The molecule has 1 unspecified atom stereocenters. The second-order valence-electron chi connectivity index (χ2n) is 6.32. The van der Waals surface area contributed by atoms with Gasteiger partial charge in [-0.1, -0.05) is 42.5 Å². The average molecular weight is 378 g/mol. The summed E-state index contributed by atoms with van der Waals surface area (Å²) >= 11 is 0. The third kappa shape index (κ3) is 3.98. The second kappa shape index (κ2) is 7.87. The molecule has 142 valence electrons. The molecule has 0 aliphatic carbocycles. The third-order valence-corrected chi connectivity index (χ3v) is 4.32. The molecule has 1 atom stereocenters. The van der Waals surface area contributed by atoms with Gasteiger partial charge in [-0.05, 0) is 42.3 Å². The third-order valence-electron chi connectivity index (χ3n) is 4.32. The molecule has 7 heteroatoms. The van der Waals surface area contributed by atoms with E-state index in [1.807, 2.05) is 36.4 Å². The number of carbonyl (C=O) groups excluding carboxylic acids is 2. The summed E-state index contributed by atoms with van der Waals surface area (Å²) in [5, 5.41) is 15.9. The summed E-state index contributed by atoms with van der Waals surface area (Å²) in [7, 11) is 0. The zero-order chi connectivity index (χ0) is 20.3. The number of nitro benzene ring substituents is 1. The van der Waals surface area contributed by atoms with Crippen LogP contribution in [-0.2, 0) is 9.53 Å². The highest BCUT2D eigenvalue weighted by Gasteiger charge is 2.27. The van der Waals surface area contributed by atoms with Crippen molar-refractivity contribution in [2.24, 2.45) is 0 Å². The first-order chi connectivity index (χ1) is 13.4. The molecule has 0 aliphatic heterocycles. The van der Waals surface area contributed by atoms with Crippen LogP contribution in [0.1, 0.15) is 22.8 Å². The first-order valence-electron chi connectivity index (χ1n) is 8.61. The van der Waals surface area contributed by atoms with E-state index in [0.717, 1.165) is 10.8 Å². The van der Waals surface area contributed by atoms with Gasteiger partial charge in [0, 0.05) is 11.8 Å². The molecule has 3 aromatic rings. The number of ether oxygens (including phenoxy) is 1. The summed E-state index contributed by atoms with van der Waals surface area (Å²) in [6.07, 6.45) is -1.13. The van der Waals surface area contributed by atoms with E-state index >= 15 is 0 Å². The van der Waals surface area contributed by atoms with E-state index < -0.39 is 22.9 Å². The lowest BCUT2D eigenvalue weighted by molar-refractivity contribution is -0.385. The minimum atomic E-state index is -1.13. The Morgan fingerprint density at radius 2 is 1.75 bits per heavy atom. The Bertz CT molecular complexity index is 1080. The van der Waals surface area contributed by atoms with Crippen LogP contribution in [0.4, 0.5) is 11.4 Å². The van der Waals surface area contributed by atoms with Crippen molar-refractivity contribution in [1.29, 1.82) is 0 Å². The first kappa shape index (κ1) is 19.0. The van der Waals surface area contributed by atoms with Gasteiger partial charge < -0.3 is 10.1 Å². The molecule has 3 rings (SSSR count). The van der Waals surface area contributed by atoms with Crippen LogP contribution in [0.25, 0.3) is 10.8 Å². The number of aryl methyl sites for hydroxylation is 1. The summed E-state index contributed by atoms with van der Waals surface area (Å²) in [5.74, 6) is -1.44. The van der Waals surface area contributed by atoms with E-state index in [-0.39, 0.29) is 11.3 Å². The van der Waals surface area contributed by atoms with Gasteiger partial charge in [0.2, 0.25) is 0 Å². The van der Waals surface area contributed by atoms with E-state index in [1.54, 1.807) is 19.1 Å². The molecule has 0 aromatic heterocycles. The van der Waals surface area contributed by atoms with Gasteiger partial charge >= 0.3 is 5.97 Å². The molecule has 3 aromatic carbocycles. The Balaban J connectivity index is 1.73. The Kier molecular flexibility index (Phi) is 5.35. The lowest BCUT2D eigenvalue weighted by Crippen LogP contribution is -2.30. The van der Waals surface area contributed by atoms with Crippen LogP contribution in [0.3, 0.4) is 0 Å². The lowest BCUT2D eigenvalue weighted by Gasteiger charge is -2.14. The minimum Gasteiger partial charge on any atom is -0.449 e. The molecular weight excluding hydrogens is 360 g/mol. The van der Waals surface area contributed by atoms with Gasteiger partial charge in [0.25, 0.3) is 11.6 Å². The van der Waals surface area contributed by atoms with Crippen LogP contribution in [-0.4, -0.2) is 22.9 Å². The SMILES string of the molecule is Cc1cccc([N+](=O)[O-])c1C(=O)OC(C)C(=O)Nc1ccc2ccccc2c1. The molecule has 1 N–H and O–H groups in total. The van der Waals surface area contributed by atoms with Gasteiger partial charge in [0.1, 0.15) is 5.56 Å². The minimum absolute atomic E-state index is 0.155. The maximum atomic E-state index is 12.4. The Labute approximate surface area is 161 Å². The molecule has 28 heavy (non-hydrogen) atoms. The summed E-state index contributed by atoms with van der Waals surface area (Å²) in [6.45, 7) is 2.99. The van der Waals surface area contributed by atoms with Crippen molar-refractivity contribution >= 4 is 34.0 Å². The highest BCUT2D eigenvalue weighted by Crippen LogP contribution is 2.24. The Morgan fingerprint density at radius 3 is 2.46 bits per heavy atom. The number of esters is 1. The van der Waals surface area contributed by atoms with E-state index in [1.165, 1.54) is 19.1 Å². The van der Waals surface area contributed by atoms with Crippen LogP contribution < -0.4 is 5.32 Å². The highest BCUT2D eigenvalue weighted by molar-refractivity contribution is 6.00. The Hall–Kier alpha value is -3.74.